The number of aliphatic hydroxyl groups is 1. The van der Waals surface area contributed by atoms with Crippen molar-refractivity contribution in [2.45, 2.75) is 35.9 Å². The monoisotopic (exact) mass is 395 g/mol. The SMILES string of the molecule is CC(=O)O.Cn1c(Sc2cc(NCCO)ncn2)nnc1C1CCNCC1. The van der Waals surface area contributed by atoms with Crippen LogP contribution in [0.1, 0.15) is 31.5 Å². The number of anilines is 1. The molecule has 0 atom stereocenters. The number of hydrogen-bond acceptors (Lipinski definition) is 9. The fourth-order valence-electron chi connectivity index (χ4n) is 2.62. The number of aliphatic carboxylic acids is 1. The molecule has 1 aliphatic rings. The first-order valence-corrected chi connectivity index (χ1v) is 9.47. The second-order valence-electron chi connectivity index (χ2n) is 5.94. The van der Waals surface area contributed by atoms with Crippen LogP contribution in [0.5, 0.6) is 0 Å². The van der Waals surface area contributed by atoms with Crippen molar-refractivity contribution in [3.63, 3.8) is 0 Å². The van der Waals surface area contributed by atoms with E-state index in [2.05, 4.69) is 35.4 Å². The van der Waals surface area contributed by atoms with Crippen LogP contribution >= 0.6 is 11.8 Å². The first-order chi connectivity index (χ1) is 13.0. The van der Waals surface area contributed by atoms with E-state index in [1.165, 1.54) is 18.1 Å². The number of rotatable bonds is 6. The van der Waals surface area contributed by atoms with Crippen LogP contribution in [-0.2, 0) is 11.8 Å². The first-order valence-electron chi connectivity index (χ1n) is 8.65. The average Bonchev–Trinajstić information content (AvgIpc) is 3.01. The van der Waals surface area contributed by atoms with Gasteiger partial charge in [-0.05, 0) is 37.7 Å². The Bertz CT molecular complexity index is 731. The van der Waals surface area contributed by atoms with Gasteiger partial charge in [0, 0.05) is 32.5 Å². The molecule has 1 fully saturated rings. The number of carboxylic acids is 1. The molecule has 3 heterocycles. The summed E-state index contributed by atoms with van der Waals surface area (Å²) in [5.41, 5.74) is 0. The van der Waals surface area contributed by atoms with E-state index in [1.807, 2.05) is 13.1 Å². The third kappa shape index (κ3) is 6.77. The van der Waals surface area contributed by atoms with E-state index in [1.54, 1.807) is 0 Å². The molecule has 0 unspecified atom stereocenters. The van der Waals surface area contributed by atoms with Crippen molar-refractivity contribution in [1.29, 1.82) is 0 Å². The van der Waals surface area contributed by atoms with Crippen molar-refractivity contribution in [3.05, 3.63) is 18.2 Å². The maximum absolute atomic E-state index is 9.00. The predicted molar refractivity (Wildman–Crippen MR) is 101 cm³/mol. The molecular weight excluding hydrogens is 370 g/mol. The zero-order valence-electron chi connectivity index (χ0n) is 15.4. The van der Waals surface area contributed by atoms with Gasteiger partial charge in [-0.3, -0.25) is 4.79 Å². The highest BCUT2D eigenvalue weighted by Gasteiger charge is 2.22. The number of hydrogen-bond donors (Lipinski definition) is 4. The van der Waals surface area contributed by atoms with E-state index in [0.717, 1.165) is 48.9 Å². The van der Waals surface area contributed by atoms with Crippen molar-refractivity contribution in [2.24, 2.45) is 7.05 Å². The molecule has 1 saturated heterocycles. The third-order valence-electron chi connectivity index (χ3n) is 3.83. The van der Waals surface area contributed by atoms with Gasteiger partial charge in [0.15, 0.2) is 5.16 Å². The normalized spacial score (nSPS) is 14.3. The van der Waals surface area contributed by atoms with Gasteiger partial charge in [0.05, 0.1) is 6.61 Å². The van der Waals surface area contributed by atoms with E-state index in [4.69, 9.17) is 15.0 Å². The number of carboxylic acid groups (broad SMARTS) is 1. The van der Waals surface area contributed by atoms with E-state index < -0.39 is 5.97 Å². The van der Waals surface area contributed by atoms with Crippen LogP contribution in [0.25, 0.3) is 0 Å². The minimum Gasteiger partial charge on any atom is -0.481 e. The van der Waals surface area contributed by atoms with Crippen molar-refractivity contribution in [1.82, 2.24) is 30.0 Å². The molecule has 0 radical (unpaired) electrons. The summed E-state index contributed by atoms with van der Waals surface area (Å²) in [5, 5.41) is 33.0. The highest BCUT2D eigenvalue weighted by atomic mass is 32.2. The molecule has 0 saturated carbocycles. The summed E-state index contributed by atoms with van der Waals surface area (Å²) in [6.45, 7) is 3.68. The van der Waals surface area contributed by atoms with Crippen LogP contribution in [-0.4, -0.2) is 67.2 Å². The molecular formula is C16H25N7O3S. The molecule has 0 aliphatic carbocycles. The summed E-state index contributed by atoms with van der Waals surface area (Å²) in [6, 6.07) is 1.85. The molecule has 27 heavy (non-hydrogen) atoms. The molecule has 2 aromatic heterocycles. The molecule has 0 spiro atoms. The van der Waals surface area contributed by atoms with Crippen LogP contribution in [0, 0.1) is 0 Å². The largest absolute Gasteiger partial charge is 0.481 e. The van der Waals surface area contributed by atoms with Crippen LogP contribution in [0.15, 0.2) is 22.6 Å². The Hall–Kier alpha value is -2.24. The lowest BCUT2D eigenvalue weighted by Crippen LogP contribution is -2.27. The van der Waals surface area contributed by atoms with Gasteiger partial charge < -0.3 is 25.4 Å². The van der Waals surface area contributed by atoms with E-state index in [0.29, 0.717) is 18.3 Å². The molecule has 11 heteroatoms. The fourth-order valence-corrected chi connectivity index (χ4v) is 3.39. The molecule has 0 bridgehead atoms. The van der Waals surface area contributed by atoms with E-state index >= 15 is 0 Å². The third-order valence-corrected chi connectivity index (χ3v) is 4.80. The van der Waals surface area contributed by atoms with Crippen molar-refractivity contribution >= 4 is 23.5 Å². The van der Waals surface area contributed by atoms with Crippen molar-refractivity contribution < 1.29 is 15.0 Å². The Morgan fingerprint density at radius 3 is 2.74 bits per heavy atom. The number of nitrogens with one attached hydrogen (secondary N) is 2. The molecule has 0 aromatic carbocycles. The predicted octanol–water partition coefficient (Wildman–Crippen LogP) is 0.718. The van der Waals surface area contributed by atoms with Crippen molar-refractivity contribution in [2.75, 3.05) is 31.6 Å². The van der Waals surface area contributed by atoms with Gasteiger partial charge in [-0.25, -0.2) is 9.97 Å². The Morgan fingerprint density at radius 1 is 1.37 bits per heavy atom. The minimum atomic E-state index is -0.833. The number of aromatic nitrogens is 5. The van der Waals surface area contributed by atoms with Crippen LogP contribution in [0.4, 0.5) is 5.82 Å². The summed E-state index contributed by atoms with van der Waals surface area (Å²) in [7, 11) is 2.01. The molecule has 148 valence electrons. The highest BCUT2D eigenvalue weighted by molar-refractivity contribution is 7.99. The molecule has 1 aliphatic heterocycles. The second kappa shape index (κ2) is 10.8. The average molecular weight is 395 g/mol. The van der Waals surface area contributed by atoms with Gasteiger partial charge in [0.1, 0.15) is 23.0 Å². The summed E-state index contributed by atoms with van der Waals surface area (Å²) < 4.78 is 2.06. The number of nitrogens with zero attached hydrogens (tertiary/aromatic N) is 5. The van der Waals surface area contributed by atoms with Gasteiger partial charge >= 0.3 is 0 Å². The Balaban J connectivity index is 0.000000596. The van der Waals surface area contributed by atoms with Gasteiger partial charge in [-0.15, -0.1) is 10.2 Å². The molecule has 10 nitrogen and oxygen atoms in total. The lowest BCUT2D eigenvalue weighted by molar-refractivity contribution is -0.134. The summed E-state index contributed by atoms with van der Waals surface area (Å²) >= 11 is 1.47. The van der Waals surface area contributed by atoms with Gasteiger partial charge in [-0.1, -0.05) is 0 Å². The molecule has 3 rings (SSSR count). The standard InChI is InChI=1S/C14H21N7OS.C2H4O2/c1-21-13(10-2-4-15-5-3-10)19-20-14(21)23-12-8-11(16-6-7-22)17-9-18-12;1-2(3)4/h8-10,15,22H,2-7H2,1H3,(H,16,17,18);1H3,(H,3,4). The molecule has 4 N–H and O–H groups in total. The minimum absolute atomic E-state index is 0.0649. The summed E-state index contributed by atoms with van der Waals surface area (Å²) in [4.78, 5) is 17.4. The topological polar surface area (TPSA) is 138 Å². The maximum Gasteiger partial charge on any atom is 0.300 e. The lowest BCUT2D eigenvalue weighted by atomic mass is 9.97. The van der Waals surface area contributed by atoms with Crippen LogP contribution < -0.4 is 10.6 Å². The van der Waals surface area contributed by atoms with Gasteiger partial charge in [0.2, 0.25) is 0 Å². The van der Waals surface area contributed by atoms with Gasteiger partial charge in [0.25, 0.3) is 5.97 Å². The summed E-state index contributed by atoms with van der Waals surface area (Å²) in [5.74, 6) is 1.37. The van der Waals surface area contributed by atoms with Crippen LogP contribution in [0.2, 0.25) is 0 Å². The number of aliphatic hydroxyl groups excluding tert-OH is 1. The highest BCUT2D eigenvalue weighted by Crippen LogP contribution is 2.29. The Morgan fingerprint density at radius 2 is 2.07 bits per heavy atom. The van der Waals surface area contributed by atoms with E-state index in [9.17, 15) is 0 Å². The molecule has 0 amide bonds. The second-order valence-corrected chi connectivity index (χ2v) is 6.92. The van der Waals surface area contributed by atoms with Crippen LogP contribution in [0.3, 0.4) is 0 Å². The zero-order chi connectivity index (χ0) is 19.6. The Kier molecular flexibility index (Phi) is 8.43. The fraction of sp³-hybridized carbons (Fsp3) is 0.562. The molecule has 2 aromatic rings. The number of carbonyl (C=O) groups is 1. The summed E-state index contributed by atoms with van der Waals surface area (Å²) in [6.07, 6.45) is 3.70. The Labute approximate surface area is 161 Å². The zero-order valence-corrected chi connectivity index (χ0v) is 16.2. The van der Waals surface area contributed by atoms with E-state index in [-0.39, 0.29) is 6.61 Å². The smallest absolute Gasteiger partial charge is 0.300 e. The van der Waals surface area contributed by atoms with Crippen molar-refractivity contribution in [3.8, 4) is 0 Å². The maximum atomic E-state index is 9.00. The van der Waals surface area contributed by atoms with Gasteiger partial charge in [-0.2, -0.15) is 0 Å². The number of piperidine rings is 1. The first kappa shape index (κ1) is 21.1. The lowest BCUT2D eigenvalue weighted by Gasteiger charge is -2.21. The quantitative estimate of drug-likeness (QED) is 0.517.